The van der Waals surface area contributed by atoms with Crippen LogP contribution >= 0.6 is 23.2 Å². The number of halogens is 2. The second kappa shape index (κ2) is 10.3. The van der Waals surface area contributed by atoms with E-state index in [1.807, 2.05) is 31.2 Å². The highest BCUT2D eigenvalue weighted by Crippen LogP contribution is 2.21. The van der Waals surface area contributed by atoms with Gasteiger partial charge in [-0.05, 0) is 43.2 Å². The summed E-state index contributed by atoms with van der Waals surface area (Å²) < 4.78 is 5.26. The molecule has 0 saturated heterocycles. The van der Waals surface area contributed by atoms with Gasteiger partial charge in [-0.1, -0.05) is 52.6 Å². The highest BCUT2D eigenvalue weighted by atomic mass is 35.5. The Morgan fingerprint density at radius 1 is 1.22 bits per heavy atom. The third-order valence-corrected chi connectivity index (χ3v) is 4.43. The van der Waals surface area contributed by atoms with Crippen molar-refractivity contribution in [3.63, 3.8) is 0 Å². The lowest BCUT2D eigenvalue weighted by Gasteiger charge is -2.13. The van der Waals surface area contributed by atoms with Gasteiger partial charge in [-0.2, -0.15) is 0 Å². The monoisotopic (exact) mass is 409 g/mol. The van der Waals surface area contributed by atoms with Crippen molar-refractivity contribution in [2.45, 2.75) is 33.0 Å². The molecule has 1 N–H and O–H groups in total. The lowest BCUT2D eigenvalue weighted by Crippen LogP contribution is -2.26. The summed E-state index contributed by atoms with van der Waals surface area (Å²) in [5.41, 5.74) is 3.15. The van der Waals surface area contributed by atoms with Crippen LogP contribution in [0.15, 0.2) is 47.6 Å². The molecule has 0 saturated carbocycles. The second-order valence-corrected chi connectivity index (χ2v) is 6.72. The number of hydrogen-bond acceptors (Lipinski definition) is 4. The van der Waals surface area contributed by atoms with Crippen LogP contribution in [0.2, 0.25) is 10.0 Å². The molecule has 2 aromatic carbocycles. The summed E-state index contributed by atoms with van der Waals surface area (Å²) >= 11 is 12.0. The van der Waals surface area contributed by atoms with E-state index in [0.29, 0.717) is 22.4 Å². The molecule has 2 rings (SSSR count). The minimum atomic E-state index is -0.976. The van der Waals surface area contributed by atoms with Crippen molar-refractivity contribution in [2.24, 2.45) is 5.16 Å². The number of carboxylic acid groups (broad SMARTS) is 1. The summed E-state index contributed by atoms with van der Waals surface area (Å²) in [6.45, 7) is 4.16. The Balaban J connectivity index is 2.04. The number of carbonyl (C=O) groups is 1. The number of oxime groups is 1. The van der Waals surface area contributed by atoms with Crippen molar-refractivity contribution in [2.75, 3.05) is 6.61 Å². The van der Waals surface area contributed by atoms with Gasteiger partial charge < -0.3 is 14.7 Å². The maximum Gasteiger partial charge on any atom is 0.333 e. The van der Waals surface area contributed by atoms with E-state index >= 15 is 0 Å². The smallest absolute Gasteiger partial charge is 0.333 e. The number of hydrogen-bond donors (Lipinski definition) is 1. The number of aliphatic carboxylic acids is 1. The fourth-order valence-electron chi connectivity index (χ4n) is 2.45. The van der Waals surface area contributed by atoms with Crippen molar-refractivity contribution < 1.29 is 19.5 Å². The zero-order chi connectivity index (χ0) is 19.8. The van der Waals surface area contributed by atoms with Crippen molar-refractivity contribution in [1.82, 2.24) is 0 Å². The van der Waals surface area contributed by atoms with Gasteiger partial charge in [0.25, 0.3) is 0 Å². The first-order valence-corrected chi connectivity index (χ1v) is 9.20. The third-order valence-electron chi connectivity index (χ3n) is 3.85. The van der Waals surface area contributed by atoms with Gasteiger partial charge in [0, 0.05) is 28.6 Å². The molecule has 0 heterocycles. The Morgan fingerprint density at radius 3 is 2.67 bits per heavy atom. The standard InChI is InChI=1S/C20H21Cl2NO4/c1-3-26-19(20(24)25)10-14-5-4-6-15(9-14)13(2)23-27-12-16-7-8-17(21)11-18(16)22/h4-9,11,19H,3,10,12H2,1-2H3,(H,24,25)/b23-13+/t19-/m1/s1. The van der Waals surface area contributed by atoms with E-state index in [1.165, 1.54) is 0 Å². The first-order chi connectivity index (χ1) is 12.9. The van der Waals surface area contributed by atoms with Gasteiger partial charge in [0.05, 0.1) is 5.71 Å². The molecule has 144 valence electrons. The van der Waals surface area contributed by atoms with Crippen LogP contribution in [0.1, 0.15) is 30.5 Å². The highest BCUT2D eigenvalue weighted by molar-refractivity contribution is 6.35. The number of rotatable bonds is 9. The van der Waals surface area contributed by atoms with Crippen molar-refractivity contribution >= 4 is 34.9 Å². The molecule has 0 radical (unpaired) electrons. The maximum atomic E-state index is 11.2. The lowest BCUT2D eigenvalue weighted by molar-refractivity contribution is -0.149. The molecule has 0 aliphatic rings. The number of carboxylic acids is 1. The van der Waals surface area contributed by atoms with Gasteiger partial charge in [0.15, 0.2) is 6.10 Å². The zero-order valence-corrected chi connectivity index (χ0v) is 16.6. The minimum Gasteiger partial charge on any atom is -0.479 e. The molecular formula is C20H21Cl2NO4. The van der Waals surface area contributed by atoms with Crippen LogP contribution in [0.5, 0.6) is 0 Å². The van der Waals surface area contributed by atoms with Gasteiger partial charge in [-0.3, -0.25) is 0 Å². The third kappa shape index (κ3) is 6.54. The van der Waals surface area contributed by atoms with Crippen molar-refractivity contribution in [3.8, 4) is 0 Å². The topological polar surface area (TPSA) is 68.1 Å². The summed E-state index contributed by atoms with van der Waals surface area (Å²) in [5.74, 6) is -0.976. The quantitative estimate of drug-likeness (QED) is 0.468. The molecule has 5 nitrogen and oxygen atoms in total. The first kappa shape index (κ1) is 21.2. The van der Waals surface area contributed by atoms with E-state index in [-0.39, 0.29) is 13.0 Å². The molecule has 0 spiro atoms. The van der Waals surface area contributed by atoms with Gasteiger partial charge in [-0.25, -0.2) is 4.79 Å². The Kier molecular flexibility index (Phi) is 8.10. The van der Waals surface area contributed by atoms with E-state index in [4.69, 9.17) is 32.8 Å². The van der Waals surface area contributed by atoms with E-state index < -0.39 is 12.1 Å². The normalized spacial score (nSPS) is 12.7. The Labute approximate surface area is 168 Å². The average Bonchev–Trinajstić information content (AvgIpc) is 2.63. The Morgan fingerprint density at radius 2 is 2.00 bits per heavy atom. The molecule has 1 atom stereocenters. The second-order valence-electron chi connectivity index (χ2n) is 5.87. The van der Waals surface area contributed by atoms with Gasteiger partial charge in [0.1, 0.15) is 6.61 Å². The lowest BCUT2D eigenvalue weighted by atomic mass is 10.0. The number of nitrogens with zero attached hydrogens (tertiary/aromatic N) is 1. The minimum absolute atomic E-state index is 0.221. The molecule has 0 unspecified atom stereocenters. The zero-order valence-electron chi connectivity index (χ0n) is 15.1. The molecular weight excluding hydrogens is 389 g/mol. The van der Waals surface area contributed by atoms with Crippen LogP contribution in [0.25, 0.3) is 0 Å². The maximum absolute atomic E-state index is 11.2. The van der Waals surface area contributed by atoms with E-state index in [0.717, 1.165) is 16.7 Å². The molecule has 27 heavy (non-hydrogen) atoms. The molecule has 0 aliphatic carbocycles. The Hall–Kier alpha value is -2.08. The van der Waals surface area contributed by atoms with Gasteiger partial charge in [-0.15, -0.1) is 0 Å². The number of benzene rings is 2. The Bertz CT molecular complexity index is 823. The van der Waals surface area contributed by atoms with E-state index in [9.17, 15) is 9.90 Å². The summed E-state index contributed by atoms with van der Waals surface area (Å²) in [5, 5.41) is 14.4. The van der Waals surface area contributed by atoms with Crippen LogP contribution in [-0.4, -0.2) is 29.5 Å². The number of ether oxygens (including phenoxy) is 1. The van der Waals surface area contributed by atoms with Crippen LogP contribution in [0, 0.1) is 0 Å². The highest BCUT2D eigenvalue weighted by Gasteiger charge is 2.18. The summed E-state index contributed by atoms with van der Waals surface area (Å²) in [4.78, 5) is 16.6. The van der Waals surface area contributed by atoms with Crippen molar-refractivity contribution in [1.29, 1.82) is 0 Å². The summed E-state index contributed by atoms with van der Waals surface area (Å²) in [6.07, 6.45) is -0.586. The van der Waals surface area contributed by atoms with Crippen LogP contribution in [0.4, 0.5) is 0 Å². The van der Waals surface area contributed by atoms with E-state index in [1.54, 1.807) is 25.1 Å². The van der Waals surface area contributed by atoms with Crippen LogP contribution in [-0.2, 0) is 27.4 Å². The van der Waals surface area contributed by atoms with Crippen LogP contribution in [0.3, 0.4) is 0 Å². The van der Waals surface area contributed by atoms with Gasteiger partial charge >= 0.3 is 5.97 Å². The van der Waals surface area contributed by atoms with E-state index in [2.05, 4.69) is 5.16 Å². The predicted molar refractivity (Wildman–Crippen MR) is 107 cm³/mol. The van der Waals surface area contributed by atoms with Gasteiger partial charge in [0.2, 0.25) is 0 Å². The molecule has 7 heteroatoms. The molecule has 0 aromatic heterocycles. The molecule has 0 bridgehead atoms. The SMILES string of the molecule is CCO[C@H](Cc1cccc(/C(C)=N/OCc2ccc(Cl)cc2Cl)c1)C(=O)O. The van der Waals surface area contributed by atoms with Crippen LogP contribution < -0.4 is 0 Å². The largest absolute Gasteiger partial charge is 0.479 e. The molecule has 2 aromatic rings. The molecule has 0 amide bonds. The summed E-state index contributed by atoms with van der Waals surface area (Å²) in [7, 11) is 0. The molecule has 0 fully saturated rings. The predicted octanol–water partition coefficient (Wildman–Crippen LogP) is 4.97. The first-order valence-electron chi connectivity index (χ1n) is 8.45. The summed E-state index contributed by atoms with van der Waals surface area (Å²) in [6, 6.07) is 12.7. The fraction of sp³-hybridized carbons (Fsp3) is 0.300. The average molecular weight is 410 g/mol. The fourth-order valence-corrected chi connectivity index (χ4v) is 2.91. The molecule has 0 aliphatic heterocycles. The van der Waals surface area contributed by atoms with Crippen molar-refractivity contribution in [3.05, 3.63) is 69.2 Å².